The van der Waals surface area contributed by atoms with Gasteiger partial charge in [0.15, 0.2) is 0 Å². The summed E-state index contributed by atoms with van der Waals surface area (Å²) in [5.74, 6) is -0.526. The zero-order valence-electron chi connectivity index (χ0n) is 14.9. The minimum Gasteiger partial charge on any atom is -0.467 e. The lowest BCUT2D eigenvalue weighted by Crippen LogP contribution is -2.43. The number of carbonyl (C=O) groups is 2. The van der Waals surface area contributed by atoms with E-state index < -0.39 is 18.1 Å². The number of hydrogen-bond donors (Lipinski definition) is 1. The van der Waals surface area contributed by atoms with E-state index in [1.165, 1.54) is 7.11 Å². The molecule has 0 aliphatic heterocycles. The zero-order valence-corrected chi connectivity index (χ0v) is 14.9. The minimum atomic E-state index is -0.836. The minimum absolute atomic E-state index is 0.129. The van der Waals surface area contributed by atoms with Crippen LogP contribution in [0.5, 0.6) is 0 Å². The molecule has 0 radical (unpaired) electrons. The molecule has 6 heteroatoms. The van der Waals surface area contributed by atoms with Crippen LogP contribution in [0.1, 0.15) is 11.1 Å². The highest BCUT2D eigenvalue weighted by atomic mass is 16.6. The van der Waals surface area contributed by atoms with E-state index in [1.807, 2.05) is 54.6 Å². The van der Waals surface area contributed by atoms with E-state index in [0.717, 1.165) is 21.9 Å². The standard InChI is InChI=1S/C21H20N2O4/c1-26-20(24)19(23-21(25)27-14-15-5-3-2-4-6-15)12-16-7-8-18-13-22-10-9-17(18)11-16/h2-11,13,19H,12,14H2,1H3,(H,23,25)/t19-/m1/s1. The molecule has 27 heavy (non-hydrogen) atoms. The van der Waals surface area contributed by atoms with E-state index in [-0.39, 0.29) is 6.61 Å². The summed E-state index contributed by atoms with van der Waals surface area (Å²) in [5, 5.41) is 4.60. The molecule has 6 nitrogen and oxygen atoms in total. The lowest BCUT2D eigenvalue weighted by Gasteiger charge is -2.17. The van der Waals surface area contributed by atoms with Crippen molar-refractivity contribution in [1.29, 1.82) is 0 Å². The van der Waals surface area contributed by atoms with Crippen LogP contribution in [0.2, 0.25) is 0 Å². The second kappa shape index (κ2) is 8.80. The number of rotatable bonds is 6. The number of esters is 1. The topological polar surface area (TPSA) is 77.5 Å². The Balaban J connectivity index is 1.65. The van der Waals surface area contributed by atoms with Gasteiger partial charge in [-0.05, 0) is 22.6 Å². The van der Waals surface area contributed by atoms with E-state index >= 15 is 0 Å². The fraction of sp³-hybridized carbons (Fsp3) is 0.190. The van der Waals surface area contributed by atoms with E-state index in [9.17, 15) is 9.59 Å². The van der Waals surface area contributed by atoms with Crippen molar-refractivity contribution in [2.45, 2.75) is 19.1 Å². The first kappa shape index (κ1) is 18.4. The Morgan fingerprint density at radius 2 is 1.85 bits per heavy atom. The quantitative estimate of drug-likeness (QED) is 0.680. The van der Waals surface area contributed by atoms with Crippen molar-refractivity contribution < 1.29 is 19.1 Å². The summed E-state index contributed by atoms with van der Waals surface area (Å²) >= 11 is 0. The van der Waals surface area contributed by atoms with E-state index in [2.05, 4.69) is 10.3 Å². The Bertz CT molecular complexity index is 928. The molecule has 138 valence electrons. The summed E-state index contributed by atoms with van der Waals surface area (Å²) < 4.78 is 10.0. The van der Waals surface area contributed by atoms with Crippen LogP contribution in [-0.4, -0.2) is 30.2 Å². The van der Waals surface area contributed by atoms with Gasteiger partial charge in [0.2, 0.25) is 0 Å². The Morgan fingerprint density at radius 1 is 1.04 bits per heavy atom. The molecule has 0 spiro atoms. The SMILES string of the molecule is COC(=O)[C@@H](Cc1ccc2cnccc2c1)NC(=O)OCc1ccccc1. The smallest absolute Gasteiger partial charge is 0.408 e. The maximum atomic E-state index is 12.1. The third-order valence-corrected chi connectivity index (χ3v) is 4.14. The maximum Gasteiger partial charge on any atom is 0.408 e. The Labute approximate surface area is 157 Å². The summed E-state index contributed by atoms with van der Waals surface area (Å²) in [6.45, 7) is 0.129. The van der Waals surface area contributed by atoms with Crippen LogP contribution in [-0.2, 0) is 27.3 Å². The number of carbonyl (C=O) groups excluding carboxylic acids is 2. The fourth-order valence-electron chi connectivity index (χ4n) is 2.74. The molecule has 0 saturated heterocycles. The van der Waals surface area contributed by atoms with Crippen LogP contribution >= 0.6 is 0 Å². The van der Waals surface area contributed by atoms with Gasteiger partial charge in [0.1, 0.15) is 12.6 Å². The van der Waals surface area contributed by atoms with Gasteiger partial charge in [0.05, 0.1) is 7.11 Å². The number of fused-ring (bicyclic) bond motifs is 1. The number of nitrogens with one attached hydrogen (secondary N) is 1. The number of nitrogens with zero attached hydrogens (tertiary/aromatic N) is 1. The van der Waals surface area contributed by atoms with Crippen molar-refractivity contribution in [3.8, 4) is 0 Å². The van der Waals surface area contributed by atoms with Gasteiger partial charge >= 0.3 is 12.1 Å². The molecule has 0 aliphatic carbocycles. The second-order valence-electron chi connectivity index (χ2n) is 6.04. The molecule has 0 bridgehead atoms. The monoisotopic (exact) mass is 364 g/mol. The van der Waals surface area contributed by atoms with Crippen LogP contribution in [0.3, 0.4) is 0 Å². The first-order valence-electron chi connectivity index (χ1n) is 8.53. The van der Waals surface area contributed by atoms with Crippen LogP contribution in [0.4, 0.5) is 4.79 Å². The van der Waals surface area contributed by atoms with Gasteiger partial charge in [-0.2, -0.15) is 0 Å². The average molecular weight is 364 g/mol. The summed E-state index contributed by atoms with van der Waals surface area (Å²) in [4.78, 5) is 28.3. The molecular weight excluding hydrogens is 344 g/mol. The van der Waals surface area contributed by atoms with Gasteiger partial charge in [-0.3, -0.25) is 4.98 Å². The van der Waals surface area contributed by atoms with Gasteiger partial charge in [-0.25, -0.2) is 9.59 Å². The molecule has 3 rings (SSSR count). The maximum absolute atomic E-state index is 12.1. The van der Waals surface area contributed by atoms with Crippen LogP contribution in [0.15, 0.2) is 67.0 Å². The van der Waals surface area contributed by atoms with Crippen LogP contribution < -0.4 is 5.32 Å². The van der Waals surface area contributed by atoms with Gasteiger partial charge in [0, 0.05) is 24.2 Å². The van der Waals surface area contributed by atoms with Gasteiger partial charge in [-0.1, -0.05) is 48.5 Å². The predicted molar refractivity (Wildman–Crippen MR) is 101 cm³/mol. The number of alkyl carbamates (subject to hydrolysis) is 1. The summed E-state index contributed by atoms with van der Waals surface area (Å²) in [6, 6.07) is 16.2. The predicted octanol–water partition coefficient (Wildman–Crippen LogP) is 3.25. The van der Waals surface area contributed by atoms with E-state index in [1.54, 1.807) is 12.4 Å². The van der Waals surface area contributed by atoms with Crippen molar-refractivity contribution in [2.24, 2.45) is 0 Å². The van der Waals surface area contributed by atoms with Gasteiger partial charge < -0.3 is 14.8 Å². The molecule has 0 saturated carbocycles. The van der Waals surface area contributed by atoms with Crippen molar-refractivity contribution in [3.05, 3.63) is 78.1 Å². The number of hydrogen-bond acceptors (Lipinski definition) is 5. The normalized spacial score (nSPS) is 11.6. The molecule has 2 aromatic carbocycles. The van der Waals surface area contributed by atoms with Crippen LogP contribution in [0.25, 0.3) is 10.8 Å². The van der Waals surface area contributed by atoms with Crippen molar-refractivity contribution in [2.75, 3.05) is 7.11 Å². The number of aromatic nitrogens is 1. The molecular formula is C21H20N2O4. The van der Waals surface area contributed by atoms with Crippen LogP contribution in [0, 0.1) is 0 Å². The van der Waals surface area contributed by atoms with E-state index in [0.29, 0.717) is 6.42 Å². The van der Waals surface area contributed by atoms with Crippen molar-refractivity contribution >= 4 is 22.8 Å². The third-order valence-electron chi connectivity index (χ3n) is 4.14. The number of ether oxygens (including phenoxy) is 2. The molecule has 1 aromatic heterocycles. The lowest BCUT2D eigenvalue weighted by molar-refractivity contribution is -0.143. The summed E-state index contributed by atoms with van der Waals surface area (Å²) in [5.41, 5.74) is 1.76. The third kappa shape index (κ3) is 5.04. The lowest BCUT2D eigenvalue weighted by atomic mass is 10.0. The molecule has 1 heterocycles. The Hall–Kier alpha value is -3.41. The second-order valence-corrected chi connectivity index (χ2v) is 6.04. The Morgan fingerprint density at radius 3 is 2.63 bits per heavy atom. The number of benzene rings is 2. The first-order valence-corrected chi connectivity index (χ1v) is 8.53. The molecule has 3 aromatic rings. The molecule has 1 N–H and O–H groups in total. The summed E-state index contributed by atoms with van der Waals surface area (Å²) in [7, 11) is 1.29. The van der Waals surface area contributed by atoms with Gasteiger partial charge in [-0.15, -0.1) is 0 Å². The zero-order chi connectivity index (χ0) is 19.1. The Kier molecular flexibility index (Phi) is 5.99. The van der Waals surface area contributed by atoms with Gasteiger partial charge in [0.25, 0.3) is 0 Å². The van der Waals surface area contributed by atoms with Crippen molar-refractivity contribution in [3.63, 3.8) is 0 Å². The number of pyridine rings is 1. The number of methoxy groups -OCH3 is 1. The van der Waals surface area contributed by atoms with E-state index in [4.69, 9.17) is 9.47 Å². The van der Waals surface area contributed by atoms with Crippen molar-refractivity contribution in [1.82, 2.24) is 10.3 Å². The number of amides is 1. The largest absolute Gasteiger partial charge is 0.467 e. The highest BCUT2D eigenvalue weighted by molar-refractivity contribution is 5.84. The molecule has 1 amide bonds. The molecule has 0 fully saturated rings. The highest BCUT2D eigenvalue weighted by Gasteiger charge is 2.23. The first-order chi connectivity index (χ1) is 13.2. The fourth-order valence-corrected chi connectivity index (χ4v) is 2.74. The molecule has 1 atom stereocenters. The summed E-state index contributed by atoms with van der Waals surface area (Å²) in [6.07, 6.45) is 3.11. The highest BCUT2D eigenvalue weighted by Crippen LogP contribution is 2.16. The molecule has 0 aliphatic rings. The average Bonchev–Trinajstić information content (AvgIpc) is 2.72. The molecule has 0 unspecified atom stereocenters.